The number of hydrogen-bond donors (Lipinski definition) is 0. The summed E-state index contributed by atoms with van der Waals surface area (Å²) in [5.74, 6) is 0. The lowest BCUT2D eigenvalue weighted by Gasteiger charge is -2.34. The molecule has 0 spiro atoms. The van der Waals surface area contributed by atoms with Gasteiger partial charge in [0.2, 0.25) is 0 Å². The summed E-state index contributed by atoms with van der Waals surface area (Å²) in [6, 6.07) is 9.86. The van der Waals surface area contributed by atoms with Crippen LogP contribution in [0.2, 0.25) is 0 Å². The molecular weight excluding hydrogens is 278 g/mol. The van der Waals surface area contributed by atoms with Crippen molar-refractivity contribution in [3.63, 3.8) is 0 Å². The molecule has 1 aromatic carbocycles. The number of carbonyl (C=O) groups excluding carboxylic acids is 1. The molecule has 4 heteroatoms. The van der Waals surface area contributed by atoms with Crippen LogP contribution >= 0.6 is 0 Å². The molecule has 0 aromatic heterocycles. The Labute approximate surface area is 132 Å². The SMILES string of the molecule is CC(C)(C)OC(=O)N1[C@@H](/C=C/c2ccccc2)COC1(C)C. The lowest BCUT2D eigenvalue weighted by molar-refractivity contribution is -0.0610. The molecule has 0 unspecified atom stereocenters. The molecule has 1 atom stereocenters. The van der Waals surface area contributed by atoms with Crippen LogP contribution in [0, 0.1) is 0 Å². The van der Waals surface area contributed by atoms with E-state index in [1.54, 1.807) is 4.90 Å². The molecule has 4 nitrogen and oxygen atoms in total. The van der Waals surface area contributed by atoms with Crippen LogP contribution in [0.3, 0.4) is 0 Å². The maximum absolute atomic E-state index is 12.5. The van der Waals surface area contributed by atoms with Gasteiger partial charge in [0.05, 0.1) is 12.6 Å². The van der Waals surface area contributed by atoms with Crippen LogP contribution < -0.4 is 0 Å². The molecule has 0 radical (unpaired) electrons. The monoisotopic (exact) mass is 303 g/mol. The van der Waals surface area contributed by atoms with Crippen LogP contribution in [-0.4, -0.2) is 35.0 Å². The van der Waals surface area contributed by atoms with Crippen LogP contribution in [-0.2, 0) is 9.47 Å². The van der Waals surface area contributed by atoms with Gasteiger partial charge in [-0.3, -0.25) is 4.90 Å². The van der Waals surface area contributed by atoms with Crippen molar-refractivity contribution >= 4 is 12.2 Å². The van der Waals surface area contributed by atoms with Gasteiger partial charge in [-0.05, 0) is 40.2 Å². The number of benzene rings is 1. The first-order valence-electron chi connectivity index (χ1n) is 7.58. The Morgan fingerprint density at radius 2 is 1.95 bits per heavy atom. The topological polar surface area (TPSA) is 38.8 Å². The molecule has 1 aromatic rings. The Morgan fingerprint density at radius 3 is 2.55 bits per heavy atom. The van der Waals surface area contributed by atoms with Gasteiger partial charge in [-0.1, -0.05) is 42.5 Å². The number of carbonyl (C=O) groups is 1. The fourth-order valence-corrected chi connectivity index (χ4v) is 2.43. The second kappa shape index (κ2) is 6.13. The van der Waals surface area contributed by atoms with E-state index in [0.29, 0.717) is 6.61 Å². The quantitative estimate of drug-likeness (QED) is 0.826. The molecule has 0 N–H and O–H groups in total. The fraction of sp³-hybridized carbons (Fsp3) is 0.500. The van der Waals surface area contributed by atoms with Crippen LogP contribution in [0.25, 0.3) is 6.08 Å². The molecule has 1 amide bonds. The van der Waals surface area contributed by atoms with E-state index >= 15 is 0 Å². The Bertz CT molecular complexity index is 543. The number of nitrogens with zero attached hydrogens (tertiary/aromatic N) is 1. The molecule has 1 aliphatic rings. The summed E-state index contributed by atoms with van der Waals surface area (Å²) < 4.78 is 11.3. The highest BCUT2D eigenvalue weighted by atomic mass is 16.6. The Balaban J connectivity index is 2.16. The fourth-order valence-electron chi connectivity index (χ4n) is 2.43. The number of amides is 1. The van der Waals surface area contributed by atoms with E-state index in [2.05, 4.69) is 0 Å². The molecule has 1 heterocycles. The minimum absolute atomic E-state index is 0.134. The smallest absolute Gasteiger partial charge is 0.413 e. The van der Waals surface area contributed by atoms with Crippen LogP contribution in [0.5, 0.6) is 0 Å². The predicted octanol–water partition coefficient (Wildman–Crippen LogP) is 4.07. The van der Waals surface area contributed by atoms with E-state index in [1.807, 2.05) is 77.1 Å². The highest BCUT2D eigenvalue weighted by Gasteiger charge is 2.44. The van der Waals surface area contributed by atoms with Crippen LogP contribution in [0.15, 0.2) is 36.4 Å². The predicted molar refractivity (Wildman–Crippen MR) is 87.4 cm³/mol. The first kappa shape index (κ1) is 16.6. The van der Waals surface area contributed by atoms with Crippen molar-refractivity contribution in [2.24, 2.45) is 0 Å². The van der Waals surface area contributed by atoms with Crippen molar-refractivity contribution in [2.45, 2.75) is 52.0 Å². The Hall–Kier alpha value is -1.81. The normalized spacial score (nSPS) is 21.3. The van der Waals surface area contributed by atoms with Gasteiger partial charge < -0.3 is 9.47 Å². The standard InChI is InChI=1S/C18H25NO3/c1-17(2,3)22-16(20)19-15(13-21-18(19,4)5)12-11-14-9-7-6-8-10-14/h6-12,15H,13H2,1-5H3/b12-11+/t15-/m0/s1. The van der Waals surface area contributed by atoms with Crippen molar-refractivity contribution in [3.05, 3.63) is 42.0 Å². The molecule has 1 aliphatic heterocycles. The van der Waals surface area contributed by atoms with Crippen molar-refractivity contribution in [1.82, 2.24) is 4.90 Å². The number of hydrogen-bond acceptors (Lipinski definition) is 3. The molecule has 120 valence electrons. The average molecular weight is 303 g/mol. The van der Waals surface area contributed by atoms with Crippen LogP contribution in [0.1, 0.15) is 40.2 Å². The minimum Gasteiger partial charge on any atom is -0.444 e. The summed E-state index contributed by atoms with van der Waals surface area (Å²) in [6.45, 7) is 9.83. The molecule has 1 fully saturated rings. The zero-order valence-corrected chi connectivity index (χ0v) is 14.0. The van der Waals surface area contributed by atoms with Gasteiger partial charge in [-0.25, -0.2) is 4.79 Å². The van der Waals surface area contributed by atoms with E-state index in [0.717, 1.165) is 5.56 Å². The maximum atomic E-state index is 12.5. The molecule has 0 bridgehead atoms. The summed E-state index contributed by atoms with van der Waals surface area (Å²) >= 11 is 0. The largest absolute Gasteiger partial charge is 0.444 e. The van der Waals surface area contributed by atoms with Crippen molar-refractivity contribution in [2.75, 3.05) is 6.61 Å². The summed E-state index contributed by atoms with van der Waals surface area (Å²) in [5, 5.41) is 0. The third-order valence-corrected chi connectivity index (χ3v) is 3.42. The zero-order valence-electron chi connectivity index (χ0n) is 14.0. The van der Waals surface area contributed by atoms with Gasteiger partial charge in [0, 0.05) is 0 Å². The van der Waals surface area contributed by atoms with Crippen molar-refractivity contribution < 1.29 is 14.3 Å². The second-order valence-corrected chi connectivity index (χ2v) is 6.95. The van der Waals surface area contributed by atoms with Gasteiger partial charge in [-0.15, -0.1) is 0 Å². The first-order chi connectivity index (χ1) is 10.2. The Kier molecular flexibility index (Phi) is 4.61. The average Bonchev–Trinajstić information content (AvgIpc) is 2.71. The molecular formula is C18H25NO3. The highest BCUT2D eigenvalue weighted by Crippen LogP contribution is 2.30. The summed E-state index contributed by atoms with van der Waals surface area (Å²) in [4.78, 5) is 14.2. The van der Waals surface area contributed by atoms with E-state index in [-0.39, 0.29) is 12.1 Å². The lowest BCUT2D eigenvalue weighted by Crippen LogP contribution is -2.49. The molecule has 22 heavy (non-hydrogen) atoms. The third kappa shape index (κ3) is 4.10. The van der Waals surface area contributed by atoms with E-state index < -0.39 is 11.3 Å². The highest BCUT2D eigenvalue weighted by molar-refractivity contribution is 5.70. The number of rotatable bonds is 2. The summed E-state index contributed by atoms with van der Waals surface area (Å²) in [7, 11) is 0. The Morgan fingerprint density at radius 1 is 1.32 bits per heavy atom. The zero-order chi connectivity index (χ0) is 16.4. The number of ether oxygens (including phenoxy) is 2. The molecule has 0 saturated carbocycles. The van der Waals surface area contributed by atoms with Crippen molar-refractivity contribution in [3.8, 4) is 0 Å². The molecule has 1 saturated heterocycles. The van der Waals surface area contributed by atoms with Crippen LogP contribution in [0.4, 0.5) is 4.79 Å². The molecule has 2 rings (SSSR count). The lowest BCUT2D eigenvalue weighted by atomic mass is 10.1. The van der Waals surface area contributed by atoms with E-state index in [9.17, 15) is 4.79 Å². The third-order valence-electron chi connectivity index (χ3n) is 3.42. The second-order valence-electron chi connectivity index (χ2n) is 6.95. The summed E-state index contributed by atoms with van der Waals surface area (Å²) in [5.41, 5.74) is -0.103. The van der Waals surface area contributed by atoms with Crippen molar-refractivity contribution in [1.29, 1.82) is 0 Å². The van der Waals surface area contributed by atoms with Gasteiger partial charge in [0.25, 0.3) is 0 Å². The van der Waals surface area contributed by atoms with Gasteiger partial charge in [-0.2, -0.15) is 0 Å². The molecule has 0 aliphatic carbocycles. The minimum atomic E-state index is -0.673. The maximum Gasteiger partial charge on any atom is 0.413 e. The van der Waals surface area contributed by atoms with E-state index in [1.165, 1.54) is 0 Å². The van der Waals surface area contributed by atoms with Gasteiger partial charge in [0.1, 0.15) is 11.3 Å². The van der Waals surface area contributed by atoms with E-state index in [4.69, 9.17) is 9.47 Å². The first-order valence-corrected chi connectivity index (χ1v) is 7.58. The van der Waals surface area contributed by atoms with Gasteiger partial charge >= 0.3 is 6.09 Å². The van der Waals surface area contributed by atoms with Gasteiger partial charge in [0.15, 0.2) is 0 Å². The summed E-state index contributed by atoms with van der Waals surface area (Å²) in [6.07, 6.45) is 3.65.